The number of carbonyl (C=O) groups excluding carboxylic acids is 2. The van der Waals surface area contributed by atoms with E-state index < -0.39 is 6.04 Å². The molecule has 7 nitrogen and oxygen atoms in total. The molecule has 0 N–H and O–H groups in total. The second kappa shape index (κ2) is 11.0. The summed E-state index contributed by atoms with van der Waals surface area (Å²) in [6.07, 6.45) is 2.95. The molecule has 7 heteroatoms. The molecule has 1 unspecified atom stereocenters. The van der Waals surface area contributed by atoms with Crippen LogP contribution in [0.5, 0.6) is 17.2 Å². The van der Waals surface area contributed by atoms with Crippen LogP contribution in [0.15, 0.2) is 42.5 Å². The Morgan fingerprint density at radius 3 is 2.41 bits per heavy atom. The smallest absolute Gasteiger partial charge is 0.251 e. The van der Waals surface area contributed by atoms with Crippen LogP contribution in [0.4, 0.5) is 5.69 Å². The number of anilines is 1. The highest BCUT2D eigenvalue weighted by Crippen LogP contribution is 2.29. The van der Waals surface area contributed by atoms with E-state index in [-0.39, 0.29) is 18.2 Å². The number of carbonyl (C=O) groups is 2. The molecule has 1 saturated heterocycles. The van der Waals surface area contributed by atoms with E-state index in [1.807, 2.05) is 30.1 Å². The Morgan fingerprint density at radius 2 is 1.75 bits per heavy atom. The summed E-state index contributed by atoms with van der Waals surface area (Å²) < 4.78 is 16.3. The summed E-state index contributed by atoms with van der Waals surface area (Å²) in [7, 11) is 5.09. The van der Waals surface area contributed by atoms with Gasteiger partial charge in [0.2, 0.25) is 5.91 Å². The highest BCUT2D eigenvalue weighted by molar-refractivity contribution is 6.22. The number of ether oxygens (including phenoxy) is 3. The average Bonchev–Trinajstić information content (AvgIpc) is 3.11. The van der Waals surface area contributed by atoms with Crippen molar-refractivity contribution in [1.82, 2.24) is 4.90 Å². The largest absolute Gasteiger partial charge is 0.494 e. The second-order valence-electron chi connectivity index (χ2n) is 7.90. The second-order valence-corrected chi connectivity index (χ2v) is 7.90. The Hall–Kier alpha value is -3.06. The van der Waals surface area contributed by atoms with Crippen molar-refractivity contribution in [3.63, 3.8) is 0 Å². The summed E-state index contributed by atoms with van der Waals surface area (Å²) in [6, 6.07) is 12.5. The molecule has 1 aliphatic rings. The number of hydrogen-bond donors (Lipinski definition) is 0. The molecule has 2 aromatic carbocycles. The molecule has 1 atom stereocenters. The molecular formula is C25H32N2O5. The standard InChI is InChI=1S/C25H32N2O5/c1-5-6-15-32-20-10-8-19(9-11-20)27-24(28)17-21(25(27)29)26(2)14-13-18-7-12-22(30-3)23(16-18)31-4/h7-12,16,21H,5-6,13-15,17H2,1-4H3. The lowest BCUT2D eigenvalue weighted by molar-refractivity contribution is -0.122. The molecule has 32 heavy (non-hydrogen) atoms. The normalized spacial score (nSPS) is 16.0. The van der Waals surface area contributed by atoms with E-state index in [2.05, 4.69) is 6.92 Å². The van der Waals surface area contributed by atoms with Crippen molar-refractivity contribution in [3.05, 3.63) is 48.0 Å². The van der Waals surface area contributed by atoms with Gasteiger partial charge in [-0.25, -0.2) is 4.90 Å². The van der Waals surface area contributed by atoms with Gasteiger partial charge in [-0.3, -0.25) is 14.5 Å². The van der Waals surface area contributed by atoms with Gasteiger partial charge >= 0.3 is 0 Å². The van der Waals surface area contributed by atoms with Gasteiger partial charge in [0, 0.05) is 6.54 Å². The van der Waals surface area contributed by atoms with E-state index in [9.17, 15) is 9.59 Å². The third-order valence-electron chi connectivity index (χ3n) is 5.72. The summed E-state index contributed by atoms with van der Waals surface area (Å²) in [5.74, 6) is 1.72. The maximum absolute atomic E-state index is 13.0. The van der Waals surface area contributed by atoms with Crippen LogP contribution in [0.25, 0.3) is 0 Å². The van der Waals surface area contributed by atoms with Crippen LogP contribution in [-0.2, 0) is 16.0 Å². The number of amides is 2. The number of methoxy groups -OCH3 is 2. The van der Waals surface area contributed by atoms with Gasteiger partial charge in [-0.15, -0.1) is 0 Å². The number of imide groups is 1. The molecule has 0 aromatic heterocycles. The minimum Gasteiger partial charge on any atom is -0.494 e. The first-order valence-electron chi connectivity index (χ1n) is 11.0. The van der Waals surface area contributed by atoms with Crippen molar-refractivity contribution in [2.75, 3.05) is 39.3 Å². The molecule has 1 heterocycles. The predicted molar refractivity (Wildman–Crippen MR) is 124 cm³/mol. The lowest BCUT2D eigenvalue weighted by Gasteiger charge is -2.23. The molecule has 172 valence electrons. The first-order valence-corrected chi connectivity index (χ1v) is 11.0. The van der Waals surface area contributed by atoms with E-state index in [4.69, 9.17) is 14.2 Å². The minimum atomic E-state index is -0.469. The average molecular weight is 441 g/mol. The van der Waals surface area contributed by atoms with Crippen LogP contribution in [0.1, 0.15) is 31.7 Å². The lowest BCUT2D eigenvalue weighted by atomic mass is 10.1. The van der Waals surface area contributed by atoms with E-state index in [0.717, 1.165) is 30.6 Å². The fourth-order valence-electron chi connectivity index (χ4n) is 3.75. The van der Waals surface area contributed by atoms with Crippen molar-refractivity contribution < 1.29 is 23.8 Å². The molecule has 0 spiro atoms. The number of benzene rings is 2. The number of unbranched alkanes of at least 4 members (excludes halogenated alkanes) is 1. The van der Waals surface area contributed by atoms with Crippen molar-refractivity contribution in [2.24, 2.45) is 0 Å². The molecule has 0 radical (unpaired) electrons. The SMILES string of the molecule is CCCCOc1ccc(N2C(=O)CC(N(C)CCc3ccc(OC)c(OC)c3)C2=O)cc1. The van der Waals surface area contributed by atoms with Crippen molar-refractivity contribution in [3.8, 4) is 17.2 Å². The number of hydrogen-bond acceptors (Lipinski definition) is 6. The molecular weight excluding hydrogens is 408 g/mol. The Labute approximate surface area is 189 Å². The molecule has 1 aliphatic heterocycles. The fraction of sp³-hybridized carbons (Fsp3) is 0.440. The molecule has 0 bridgehead atoms. The molecule has 0 aliphatic carbocycles. The van der Waals surface area contributed by atoms with E-state index >= 15 is 0 Å². The zero-order valence-electron chi connectivity index (χ0n) is 19.3. The number of rotatable bonds is 11. The van der Waals surface area contributed by atoms with Crippen LogP contribution < -0.4 is 19.1 Å². The zero-order valence-corrected chi connectivity index (χ0v) is 19.3. The molecule has 1 fully saturated rings. The maximum atomic E-state index is 13.0. The van der Waals surface area contributed by atoms with Gasteiger partial charge in [0.1, 0.15) is 5.75 Å². The third kappa shape index (κ3) is 5.40. The Bertz CT molecular complexity index is 928. The molecule has 0 saturated carbocycles. The van der Waals surface area contributed by atoms with E-state index in [0.29, 0.717) is 30.3 Å². The quantitative estimate of drug-likeness (QED) is 0.392. The topological polar surface area (TPSA) is 68.3 Å². The number of nitrogens with zero attached hydrogens (tertiary/aromatic N) is 2. The monoisotopic (exact) mass is 440 g/mol. The fourth-order valence-corrected chi connectivity index (χ4v) is 3.75. The van der Waals surface area contributed by atoms with Crippen LogP contribution in [0.3, 0.4) is 0 Å². The van der Waals surface area contributed by atoms with Gasteiger partial charge < -0.3 is 14.2 Å². The van der Waals surface area contributed by atoms with Crippen molar-refractivity contribution >= 4 is 17.5 Å². The van der Waals surface area contributed by atoms with Gasteiger partial charge in [0.15, 0.2) is 11.5 Å². The van der Waals surface area contributed by atoms with E-state index in [1.165, 1.54) is 4.90 Å². The van der Waals surface area contributed by atoms with Crippen LogP contribution >= 0.6 is 0 Å². The summed E-state index contributed by atoms with van der Waals surface area (Å²) in [5.41, 5.74) is 1.65. The Balaban J connectivity index is 1.61. The van der Waals surface area contributed by atoms with Gasteiger partial charge in [0.05, 0.1) is 39.0 Å². The third-order valence-corrected chi connectivity index (χ3v) is 5.72. The maximum Gasteiger partial charge on any atom is 0.251 e. The van der Waals surface area contributed by atoms with Gasteiger partial charge in [-0.05, 0) is 61.9 Å². The highest BCUT2D eigenvalue weighted by atomic mass is 16.5. The van der Waals surface area contributed by atoms with Crippen molar-refractivity contribution in [1.29, 1.82) is 0 Å². The van der Waals surface area contributed by atoms with Gasteiger partial charge in [-0.2, -0.15) is 0 Å². The van der Waals surface area contributed by atoms with Gasteiger partial charge in [-0.1, -0.05) is 19.4 Å². The molecule has 3 rings (SSSR count). The first-order chi connectivity index (χ1) is 15.5. The molecule has 2 amide bonds. The summed E-state index contributed by atoms with van der Waals surface area (Å²) >= 11 is 0. The lowest BCUT2D eigenvalue weighted by Crippen LogP contribution is -2.40. The van der Waals surface area contributed by atoms with Crippen molar-refractivity contribution in [2.45, 2.75) is 38.6 Å². The van der Waals surface area contributed by atoms with E-state index in [1.54, 1.807) is 38.5 Å². The number of likely N-dealkylation sites (N-methyl/N-ethyl adjacent to an activating group) is 1. The molecule has 2 aromatic rings. The van der Waals surface area contributed by atoms with Crippen LogP contribution in [-0.4, -0.2) is 57.2 Å². The zero-order chi connectivity index (χ0) is 23.1. The van der Waals surface area contributed by atoms with Crippen LogP contribution in [0, 0.1) is 0 Å². The minimum absolute atomic E-state index is 0.177. The first kappa shape index (κ1) is 23.6. The summed E-state index contributed by atoms with van der Waals surface area (Å²) in [6.45, 7) is 3.40. The Kier molecular flexibility index (Phi) is 8.11. The Morgan fingerprint density at radius 1 is 1.03 bits per heavy atom. The van der Waals surface area contributed by atoms with Gasteiger partial charge in [0.25, 0.3) is 5.91 Å². The highest BCUT2D eigenvalue weighted by Gasteiger charge is 2.41. The summed E-state index contributed by atoms with van der Waals surface area (Å²) in [5, 5.41) is 0. The van der Waals surface area contributed by atoms with Crippen LogP contribution in [0.2, 0.25) is 0 Å². The summed E-state index contributed by atoms with van der Waals surface area (Å²) in [4.78, 5) is 28.9. The predicted octanol–water partition coefficient (Wildman–Crippen LogP) is 3.69.